The molecule has 2 heterocycles. The van der Waals surface area contributed by atoms with E-state index in [1.54, 1.807) is 0 Å². The minimum atomic E-state index is -4.15. The Labute approximate surface area is 177 Å². The molecule has 2 aliphatic rings. The highest BCUT2D eigenvalue weighted by atomic mass is 19.4. The highest BCUT2D eigenvalue weighted by Crippen LogP contribution is 2.32. The molecule has 2 N–H and O–H groups in total. The summed E-state index contributed by atoms with van der Waals surface area (Å²) in [7, 11) is 0. The zero-order chi connectivity index (χ0) is 22.2. The number of alkyl halides is 3. The Kier molecular flexibility index (Phi) is 6.58. The molecule has 0 spiro atoms. The summed E-state index contributed by atoms with van der Waals surface area (Å²) in [5.41, 5.74) is 1.45. The summed E-state index contributed by atoms with van der Waals surface area (Å²) >= 11 is 0. The first kappa shape index (κ1) is 23.1. The number of hydrogen-bond donors (Lipinski definition) is 2. The van der Waals surface area contributed by atoms with Crippen LogP contribution < -0.4 is 15.5 Å². The molecule has 1 aliphatic carbocycles. The summed E-state index contributed by atoms with van der Waals surface area (Å²) in [6, 6.07) is 4.32. The lowest BCUT2D eigenvalue weighted by atomic mass is 9.91. The van der Waals surface area contributed by atoms with Gasteiger partial charge < -0.3 is 20.3 Å². The van der Waals surface area contributed by atoms with Crippen molar-refractivity contribution in [1.29, 1.82) is 0 Å². The second-order valence-electron chi connectivity index (χ2n) is 9.97. The van der Waals surface area contributed by atoms with Gasteiger partial charge in [0.05, 0.1) is 29.1 Å². The molecule has 5 nitrogen and oxygen atoms in total. The van der Waals surface area contributed by atoms with Crippen LogP contribution >= 0.6 is 0 Å². The van der Waals surface area contributed by atoms with Gasteiger partial charge in [-0.15, -0.1) is 0 Å². The van der Waals surface area contributed by atoms with Crippen molar-refractivity contribution in [2.45, 2.75) is 89.8 Å². The van der Waals surface area contributed by atoms with E-state index in [0.717, 1.165) is 56.0 Å². The van der Waals surface area contributed by atoms with E-state index in [0.29, 0.717) is 0 Å². The third-order valence-corrected chi connectivity index (χ3v) is 5.77. The van der Waals surface area contributed by atoms with Crippen molar-refractivity contribution in [1.82, 2.24) is 10.3 Å². The molecule has 1 aliphatic heterocycles. The average molecular weight is 429 g/mol. The van der Waals surface area contributed by atoms with Crippen molar-refractivity contribution in [3.63, 3.8) is 0 Å². The summed E-state index contributed by atoms with van der Waals surface area (Å²) < 4.78 is 43.3. The molecule has 1 saturated carbocycles. The Hall–Kier alpha value is -1.54. The van der Waals surface area contributed by atoms with Crippen LogP contribution in [0.2, 0.25) is 0 Å². The number of aromatic nitrogens is 1. The lowest BCUT2D eigenvalue weighted by molar-refractivity contribution is -0.133. The molecule has 170 valence electrons. The topological polar surface area (TPSA) is 49.4 Å². The quantitative estimate of drug-likeness (QED) is 0.715. The van der Waals surface area contributed by atoms with Gasteiger partial charge in [-0.25, -0.2) is 4.98 Å². The molecule has 30 heavy (non-hydrogen) atoms. The van der Waals surface area contributed by atoms with Gasteiger partial charge in [-0.05, 0) is 72.4 Å². The summed E-state index contributed by atoms with van der Waals surface area (Å²) in [6.45, 7) is 11.1. The van der Waals surface area contributed by atoms with E-state index in [2.05, 4.69) is 49.3 Å². The van der Waals surface area contributed by atoms with Crippen LogP contribution in [0.25, 0.3) is 0 Å². The molecule has 0 unspecified atom stereocenters. The van der Waals surface area contributed by atoms with Crippen LogP contribution in [0.5, 0.6) is 0 Å². The number of nitrogens with zero attached hydrogens (tertiary/aromatic N) is 2. The van der Waals surface area contributed by atoms with Gasteiger partial charge in [0, 0.05) is 25.2 Å². The van der Waals surface area contributed by atoms with Crippen LogP contribution in [0.15, 0.2) is 12.1 Å². The molecule has 1 aromatic rings. The lowest BCUT2D eigenvalue weighted by Gasteiger charge is -2.47. The van der Waals surface area contributed by atoms with Gasteiger partial charge in [0.25, 0.3) is 0 Å². The molecule has 1 saturated heterocycles. The predicted octanol–water partition coefficient (Wildman–Crippen LogP) is 4.66. The van der Waals surface area contributed by atoms with E-state index in [-0.39, 0.29) is 23.3 Å². The number of nitrogens with one attached hydrogen (secondary N) is 2. The molecule has 0 aromatic carbocycles. The SMILES string of the molecule is Cc1nc(N2CC(C)(C)OC(C)(C)C2)ccc1NC1CCC(NCC(F)(F)F)CC1. The Bertz CT molecular complexity index is 712. The van der Waals surface area contributed by atoms with Gasteiger partial charge >= 0.3 is 6.18 Å². The van der Waals surface area contributed by atoms with Crippen LogP contribution in [-0.4, -0.2) is 54.1 Å². The first-order valence-corrected chi connectivity index (χ1v) is 10.8. The van der Waals surface area contributed by atoms with E-state index >= 15 is 0 Å². The average Bonchev–Trinajstić information content (AvgIpc) is 2.59. The molecule has 8 heteroatoms. The normalized spacial score (nSPS) is 26.5. The van der Waals surface area contributed by atoms with Gasteiger partial charge in [0.1, 0.15) is 5.82 Å². The molecule has 2 fully saturated rings. The molecule has 1 aromatic heterocycles. The maximum Gasteiger partial charge on any atom is 0.401 e. The monoisotopic (exact) mass is 428 g/mol. The highest BCUT2D eigenvalue weighted by Gasteiger charge is 2.38. The maximum atomic E-state index is 12.4. The van der Waals surface area contributed by atoms with Crippen LogP contribution in [0.1, 0.15) is 59.1 Å². The van der Waals surface area contributed by atoms with Gasteiger partial charge in [-0.3, -0.25) is 0 Å². The van der Waals surface area contributed by atoms with Crippen LogP contribution in [-0.2, 0) is 4.74 Å². The second kappa shape index (κ2) is 8.54. The third-order valence-electron chi connectivity index (χ3n) is 5.77. The van der Waals surface area contributed by atoms with Gasteiger partial charge in [-0.1, -0.05) is 0 Å². The van der Waals surface area contributed by atoms with E-state index in [4.69, 9.17) is 9.72 Å². The zero-order valence-corrected chi connectivity index (χ0v) is 18.7. The lowest BCUT2D eigenvalue weighted by Crippen LogP contribution is -2.57. The number of rotatable bonds is 5. The highest BCUT2D eigenvalue weighted by molar-refractivity contribution is 5.54. The van der Waals surface area contributed by atoms with Crippen molar-refractivity contribution >= 4 is 11.5 Å². The Balaban J connectivity index is 1.56. The Morgan fingerprint density at radius 1 is 1.03 bits per heavy atom. The van der Waals surface area contributed by atoms with Crippen molar-refractivity contribution in [3.8, 4) is 0 Å². The summed E-state index contributed by atoms with van der Waals surface area (Å²) in [5.74, 6) is 0.947. The van der Waals surface area contributed by atoms with E-state index < -0.39 is 12.7 Å². The number of morpholine rings is 1. The van der Waals surface area contributed by atoms with Gasteiger partial charge in [0.15, 0.2) is 0 Å². The van der Waals surface area contributed by atoms with Gasteiger partial charge in [-0.2, -0.15) is 13.2 Å². The molecule has 0 atom stereocenters. The number of hydrogen-bond acceptors (Lipinski definition) is 5. The van der Waals surface area contributed by atoms with Crippen molar-refractivity contribution in [2.75, 3.05) is 29.9 Å². The smallest absolute Gasteiger partial charge is 0.381 e. The standard InChI is InChI=1S/C22H35F3N4O/c1-15-18(28-17-8-6-16(7-9-17)26-12-22(23,24)25)10-11-19(27-15)29-13-20(2,3)30-21(4,5)14-29/h10-11,16-17,26,28H,6-9,12-14H2,1-5H3. The molecule has 0 bridgehead atoms. The predicted molar refractivity (Wildman–Crippen MR) is 114 cm³/mol. The van der Waals surface area contributed by atoms with Crippen molar-refractivity contribution in [2.24, 2.45) is 0 Å². The van der Waals surface area contributed by atoms with Crippen LogP contribution in [0.4, 0.5) is 24.7 Å². The minimum absolute atomic E-state index is 0.0562. The van der Waals surface area contributed by atoms with Crippen molar-refractivity contribution in [3.05, 3.63) is 17.8 Å². The first-order chi connectivity index (χ1) is 13.8. The number of aryl methyl sites for hydroxylation is 1. The Morgan fingerprint density at radius 2 is 1.60 bits per heavy atom. The molecule has 3 rings (SSSR count). The maximum absolute atomic E-state index is 12.4. The molecule has 0 amide bonds. The fourth-order valence-electron chi connectivity index (χ4n) is 4.75. The van der Waals surface area contributed by atoms with Gasteiger partial charge in [0.2, 0.25) is 0 Å². The fraction of sp³-hybridized carbons (Fsp3) is 0.773. The van der Waals surface area contributed by atoms with Crippen molar-refractivity contribution < 1.29 is 17.9 Å². The summed E-state index contributed by atoms with van der Waals surface area (Å²) in [4.78, 5) is 7.11. The fourth-order valence-corrected chi connectivity index (χ4v) is 4.75. The van der Waals surface area contributed by atoms with E-state index in [1.807, 2.05) is 13.0 Å². The van der Waals surface area contributed by atoms with Crippen LogP contribution in [0.3, 0.4) is 0 Å². The number of halogens is 3. The largest absolute Gasteiger partial charge is 0.401 e. The van der Waals surface area contributed by atoms with Crippen LogP contribution in [0, 0.1) is 6.92 Å². The second-order valence-corrected chi connectivity index (χ2v) is 9.97. The van der Waals surface area contributed by atoms with E-state index in [9.17, 15) is 13.2 Å². The molecular weight excluding hydrogens is 393 g/mol. The number of anilines is 2. The minimum Gasteiger partial charge on any atom is -0.381 e. The first-order valence-electron chi connectivity index (χ1n) is 10.8. The van der Waals surface area contributed by atoms with E-state index in [1.165, 1.54) is 0 Å². The summed E-state index contributed by atoms with van der Waals surface area (Å²) in [5, 5.41) is 6.18. The number of pyridine rings is 1. The Morgan fingerprint density at radius 3 is 2.13 bits per heavy atom. The molecule has 0 radical (unpaired) electrons. The summed E-state index contributed by atoms with van der Waals surface area (Å²) in [6.07, 6.45) is -0.956. The zero-order valence-electron chi connectivity index (χ0n) is 18.7. The number of ether oxygens (including phenoxy) is 1. The third kappa shape index (κ3) is 6.48. The molecular formula is C22H35F3N4O.